The van der Waals surface area contributed by atoms with Crippen molar-refractivity contribution in [2.45, 2.75) is 59.0 Å². The Morgan fingerprint density at radius 1 is 1.43 bits per heavy atom. The number of hydrogen-bond donors (Lipinski definition) is 1. The van der Waals surface area contributed by atoms with Crippen LogP contribution in [0.2, 0.25) is 0 Å². The minimum Gasteiger partial charge on any atom is -0.386 e. The minimum atomic E-state index is -0.514. The Morgan fingerprint density at radius 3 is 2.43 bits per heavy atom. The van der Waals surface area contributed by atoms with Crippen LogP contribution in [0.3, 0.4) is 0 Å². The largest absolute Gasteiger partial charge is 0.386 e. The van der Waals surface area contributed by atoms with Crippen LogP contribution in [0.1, 0.15) is 53.4 Å². The summed E-state index contributed by atoms with van der Waals surface area (Å²) in [6.07, 6.45) is 8.35. The Labute approximate surface area is 88.2 Å². The lowest BCUT2D eigenvalue weighted by Crippen LogP contribution is -2.33. The van der Waals surface area contributed by atoms with Crippen molar-refractivity contribution in [1.82, 2.24) is 0 Å². The zero-order chi connectivity index (χ0) is 10.8. The van der Waals surface area contributed by atoms with E-state index in [4.69, 9.17) is 0 Å². The lowest BCUT2D eigenvalue weighted by atomic mass is 9.70. The number of rotatable bonds is 3. The maximum absolute atomic E-state index is 10.0. The molecule has 1 aliphatic rings. The van der Waals surface area contributed by atoms with Gasteiger partial charge < -0.3 is 5.11 Å². The summed E-state index contributed by atoms with van der Waals surface area (Å²) < 4.78 is 0. The molecule has 0 amide bonds. The lowest BCUT2D eigenvalue weighted by Gasteiger charge is -2.38. The molecule has 1 N–H and O–H groups in total. The third-order valence-electron chi connectivity index (χ3n) is 4.05. The van der Waals surface area contributed by atoms with Crippen LogP contribution in [-0.2, 0) is 0 Å². The second kappa shape index (κ2) is 4.06. The Morgan fingerprint density at radius 2 is 2.07 bits per heavy atom. The molecular weight excluding hydrogens is 172 g/mol. The molecule has 0 aliphatic heterocycles. The molecule has 0 radical (unpaired) electrons. The molecule has 0 spiro atoms. The van der Waals surface area contributed by atoms with Crippen molar-refractivity contribution in [3.05, 3.63) is 12.2 Å². The van der Waals surface area contributed by atoms with Crippen LogP contribution >= 0.6 is 0 Å². The van der Waals surface area contributed by atoms with E-state index in [-0.39, 0.29) is 0 Å². The predicted octanol–water partition coefficient (Wildman–Crippen LogP) is 3.53. The monoisotopic (exact) mass is 196 g/mol. The van der Waals surface area contributed by atoms with E-state index in [1.807, 2.05) is 6.08 Å². The maximum Gasteiger partial charge on any atom is 0.0825 e. The van der Waals surface area contributed by atoms with Crippen molar-refractivity contribution in [3.63, 3.8) is 0 Å². The standard InChI is InChI=1S/C13H24O/c1-5-12(3,4)11-7-9-13(14,6-2)10-8-11/h7,9,11,14H,5-6,8,10H2,1-4H3. The van der Waals surface area contributed by atoms with Crippen molar-refractivity contribution < 1.29 is 5.11 Å². The highest BCUT2D eigenvalue weighted by Crippen LogP contribution is 2.40. The van der Waals surface area contributed by atoms with Gasteiger partial charge >= 0.3 is 0 Å². The molecule has 2 unspecified atom stereocenters. The van der Waals surface area contributed by atoms with Crippen LogP contribution in [0.4, 0.5) is 0 Å². The van der Waals surface area contributed by atoms with E-state index >= 15 is 0 Å². The first-order chi connectivity index (χ1) is 6.43. The summed E-state index contributed by atoms with van der Waals surface area (Å²) in [6, 6.07) is 0. The third kappa shape index (κ3) is 2.38. The topological polar surface area (TPSA) is 20.2 Å². The van der Waals surface area contributed by atoms with Gasteiger partial charge in [0.25, 0.3) is 0 Å². The second-order valence-corrected chi connectivity index (χ2v) is 5.30. The summed E-state index contributed by atoms with van der Waals surface area (Å²) in [5.74, 6) is 0.638. The quantitative estimate of drug-likeness (QED) is 0.685. The van der Waals surface area contributed by atoms with Gasteiger partial charge in [0, 0.05) is 0 Å². The predicted molar refractivity (Wildman–Crippen MR) is 61.2 cm³/mol. The van der Waals surface area contributed by atoms with Crippen molar-refractivity contribution >= 4 is 0 Å². The van der Waals surface area contributed by atoms with E-state index in [9.17, 15) is 5.11 Å². The lowest BCUT2D eigenvalue weighted by molar-refractivity contribution is 0.0531. The van der Waals surface area contributed by atoms with Gasteiger partial charge in [0.1, 0.15) is 0 Å². The average Bonchev–Trinajstić information content (AvgIpc) is 2.19. The molecular formula is C13H24O. The molecule has 2 atom stereocenters. The summed E-state index contributed by atoms with van der Waals surface area (Å²) in [4.78, 5) is 0. The summed E-state index contributed by atoms with van der Waals surface area (Å²) in [7, 11) is 0. The molecule has 1 nitrogen and oxygen atoms in total. The smallest absolute Gasteiger partial charge is 0.0825 e. The molecule has 0 aromatic carbocycles. The Bertz CT molecular complexity index is 217. The fraction of sp³-hybridized carbons (Fsp3) is 0.846. The highest BCUT2D eigenvalue weighted by molar-refractivity contribution is 5.09. The highest BCUT2D eigenvalue weighted by atomic mass is 16.3. The number of aliphatic hydroxyl groups is 1. The van der Waals surface area contributed by atoms with Crippen molar-refractivity contribution in [2.24, 2.45) is 11.3 Å². The van der Waals surface area contributed by atoms with Crippen LogP contribution in [0.15, 0.2) is 12.2 Å². The summed E-state index contributed by atoms with van der Waals surface area (Å²) >= 11 is 0. The average molecular weight is 196 g/mol. The summed E-state index contributed by atoms with van der Waals surface area (Å²) in [5, 5.41) is 10.0. The van der Waals surface area contributed by atoms with Gasteiger partial charge in [-0.15, -0.1) is 0 Å². The number of allylic oxidation sites excluding steroid dienone is 1. The van der Waals surface area contributed by atoms with Crippen LogP contribution < -0.4 is 0 Å². The zero-order valence-electron chi connectivity index (χ0n) is 10.0. The van der Waals surface area contributed by atoms with E-state index in [1.165, 1.54) is 6.42 Å². The van der Waals surface area contributed by atoms with E-state index < -0.39 is 5.60 Å². The van der Waals surface area contributed by atoms with E-state index in [1.54, 1.807) is 0 Å². The van der Waals surface area contributed by atoms with Crippen LogP contribution in [0, 0.1) is 11.3 Å². The molecule has 1 rings (SSSR count). The Kier molecular flexibility index (Phi) is 3.41. The normalized spacial score (nSPS) is 33.4. The SMILES string of the molecule is CCC1(O)C=CC(C(C)(C)CC)CC1. The van der Waals surface area contributed by atoms with Crippen molar-refractivity contribution in [2.75, 3.05) is 0 Å². The summed E-state index contributed by atoms with van der Waals surface area (Å²) in [6.45, 7) is 8.93. The molecule has 14 heavy (non-hydrogen) atoms. The fourth-order valence-corrected chi connectivity index (χ4v) is 2.09. The fourth-order valence-electron chi connectivity index (χ4n) is 2.09. The van der Waals surface area contributed by atoms with Gasteiger partial charge in [-0.25, -0.2) is 0 Å². The van der Waals surface area contributed by atoms with Gasteiger partial charge in [-0.2, -0.15) is 0 Å². The summed E-state index contributed by atoms with van der Waals surface area (Å²) in [5.41, 5.74) is -0.133. The van der Waals surface area contributed by atoms with Gasteiger partial charge in [-0.1, -0.05) is 46.3 Å². The van der Waals surface area contributed by atoms with E-state index in [2.05, 4.69) is 33.8 Å². The van der Waals surface area contributed by atoms with Crippen LogP contribution in [0.25, 0.3) is 0 Å². The van der Waals surface area contributed by atoms with Crippen molar-refractivity contribution in [3.8, 4) is 0 Å². The van der Waals surface area contributed by atoms with Gasteiger partial charge in [0.2, 0.25) is 0 Å². The van der Waals surface area contributed by atoms with Gasteiger partial charge in [-0.05, 0) is 30.6 Å². The molecule has 0 aromatic heterocycles. The van der Waals surface area contributed by atoms with Gasteiger partial charge in [-0.3, -0.25) is 0 Å². The van der Waals surface area contributed by atoms with Gasteiger partial charge in [0.15, 0.2) is 0 Å². The second-order valence-electron chi connectivity index (χ2n) is 5.30. The molecule has 1 aliphatic carbocycles. The van der Waals surface area contributed by atoms with E-state index in [0.717, 1.165) is 19.3 Å². The van der Waals surface area contributed by atoms with Crippen LogP contribution in [0.5, 0.6) is 0 Å². The zero-order valence-corrected chi connectivity index (χ0v) is 10.0. The third-order valence-corrected chi connectivity index (χ3v) is 4.05. The Balaban J connectivity index is 2.69. The molecule has 82 valence electrons. The molecule has 0 saturated carbocycles. The minimum absolute atomic E-state index is 0.381. The molecule has 0 saturated heterocycles. The highest BCUT2D eigenvalue weighted by Gasteiger charge is 2.33. The molecule has 1 heteroatoms. The first kappa shape index (κ1) is 11.8. The Hall–Kier alpha value is -0.300. The first-order valence-electron chi connectivity index (χ1n) is 5.85. The van der Waals surface area contributed by atoms with Crippen molar-refractivity contribution in [1.29, 1.82) is 0 Å². The van der Waals surface area contributed by atoms with Crippen LogP contribution in [-0.4, -0.2) is 10.7 Å². The molecule has 0 fully saturated rings. The maximum atomic E-state index is 10.0. The first-order valence-corrected chi connectivity index (χ1v) is 5.85. The molecule has 0 aromatic rings. The van der Waals surface area contributed by atoms with Gasteiger partial charge in [0.05, 0.1) is 5.60 Å². The number of hydrogen-bond acceptors (Lipinski definition) is 1. The van der Waals surface area contributed by atoms with E-state index in [0.29, 0.717) is 11.3 Å². The molecule has 0 bridgehead atoms. The molecule has 0 heterocycles.